The lowest BCUT2D eigenvalue weighted by atomic mass is 10.1. The van der Waals surface area contributed by atoms with Crippen LogP contribution in [0.1, 0.15) is 11.1 Å². The molecule has 3 aromatic rings. The van der Waals surface area contributed by atoms with E-state index in [2.05, 4.69) is 31.5 Å². The molecule has 0 aliphatic rings. The van der Waals surface area contributed by atoms with Crippen molar-refractivity contribution in [2.75, 3.05) is 12.4 Å². The molecule has 148 valence electrons. The Hall–Kier alpha value is -2.55. The first-order valence-corrected chi connectivity index (χ1v) is 10.7. The van der Waals surface area contributed by atoms with E-state index in [-0.39, 0.29) is 11.0 Å². The molecule has 0 saturated carbocycles. The maximum Gasteiger partial charge on any atom is 0.250 e. The molecule has 0 unspecified atom stereocenters. The number of carbonyl (C=O) groups excluding carboxylic acids is 1. The highest BCUT2D eigenvalue weighted by molar-refractivity contribution is 9.10. The van der Waals surface area contributed by atoms with Crippen molar-refractivity contribution in [1.82, 2.24) is 10.3 Å². The summed E-state index contributed by atoms with van der Waals surface area (Å²) in [6.45, 7) is 2.04. The second-order valence-corrected chi connectivity index (χ2v) is 8.25. The van der Waals surface area contributed by atoms with Gasteiger partial charge in [0.1, 0.15) is 5.75 Å². The minimum atomic E-state index is -0.347. The highest BCUT2D eigenvalue weighted by Gasteiger charge is 2.08. The lowest BCUT2D eigenvalue weighted by molar-refractivity contribution is -0.115. The first-order valence-electron chi connectivity index (χ1n) is 8.61. The molecule has 0 spiro atoms. The largest absolute Gasteiger partial charge is 0.496 e. The molecule has 29 heavy (non-hydrogen) atoms. The molecule has 2 N–H and O–H groups in total. The number of benzene rings is 2. The van der Waals surface area contributed by atoms with E-state index in [1.54, 1.807) is 13.2 Å². The topological polar surface area (TPSA) is 63.2 Å². The van der Waals surface area contributed by atoms with Gasteiger partial charge in [-0.15, -0.1) is 11.3 Å². The number of nitrogens with zero attached hydrogens (tertiary/aromatic N) is 1. The molecule has 0 saturated heterocycles. The minimum absolute atomic E-state index is 0.186. The number of nitrogens with one attached hydrogen (secondary N) is 2. The molecule has 2 aromatic carbocycles. The van der Waals surface area contributed by atoms with E-state index in [1.807, 2.05) is 54.8 Å². The van der Waals surface area contributed by atoms with Crippen molar-refractivity contribution >= 4 is 61.7 Å². The van der Waals surface area contributed by atoms with Crippen LogP contribution in [0.5, 0.6) is 5.75 Å². The lowest BCUT2D eigenvalue weighted by Gasteiger charge is -2.06. The number of hydrogen-bond donors (Lipinski definition) is 2. The van der Waals surface area contributed by atoms with Crippen molar-refractivity contribution in [3.63, 3.8) is 0 Å². The molecule has 0 bridgehead atoms. The van der Waals surface area contributed by atoms with Crippen LogP contribution in [0, 0.1) is 6.92 Å². The van der Waals surface area contributed by atoms with Crippen molar-refractivity contribution in [1.29, 1.82) is 0 Å². The van der Waals surface area contributed by atoms with E-state index in [1.165, 1.54) is 23.0 Å². The Labute approximate surface area is 187 Å². The smallest absolute Gasteiger partial charge is 0.250 e. The van der Waals surface area contributed by atoms with E-state index in [0.29, 0.717) is 10.9 Å². The monoisotopic (exact) mass is 487 g/mol. The molecule has 1 amide bonds. The van der Waals surface area contributed by atoms with Crippen LogP contribution in [-0.2, 0) is 4.79 Å². The van der Waals surface area contributed by atoms with Gasteiger partial charge in [0.05, 0.1) is 12.8 Å². The molecule has 0 fully saturated rings. The molecular weight excluding hydrogens is 470 g/mol. The number of thiazole rings is 1. The molecule has 0 aliphatic heterocycles. The van der Waals surface area contributed by atoms with Gasteiger partial charge in [0.15, 0.2) is 10.2 Å². The zero-order valence-electron chi connectivity index (χ0n) is 15.7. The van der Waals surface area contributed by atoms with Crippen molar-refractivity contribution in [3.8, 4) is 17.0 Å². The Morgan fingerprint density at radius 2 is 2.00 bits per heavy atom. The number of methoxy groups -OCH3 is 1. The van der Waals surface area contributed by atoms with Crippen LogP contribution < -0.4 is 15.4 Å². The molecule has 0 atom stereocenters. The molecule has 0 aliphatic carbocycles. The van der Waals surface area contributed by atoms with Gasteiger partial charge >= 0.3 is 0 Å². The van der Waals surface area contributed by atoms with Crippen molar-refractivity contribution in [2.45, 2.75) is 6.92 Å². The summed E-state index contributed by atoms with van der Waals surface area (Å²) < 4.78 is 6.18. The number of amides is 1. The average Bonchev–Trinajstić information content (AvgIpc) is 3.15. The Morgan fingerprint density at radius 1 is 1.24 bits per heavy atom. The number of halogens is 1. The molecular formula is C21H18BrN3O2S2. The van der Waals surface area contributed by atoms with E-state index < -0.39 is 0 Å². The fraction of sp³-hybridized carbons (Fsp3) is 0.0952. The van der Waals surface area contributed by atoms with Gasteiger partial charge in [-0.3, -0.25) is 10.1 Å². The zero-order chi connectivity index (χ0) is 20.8. The number of aromatic nitrogens is 1. The summed E-state index contributed by atoms with van der Waals surface area (Å²) in [5.41, 5.74) is 3.85. The third kappa shape index (κ3) is 5.96. The highest BCUT2D eigenvalue weighted by Crippen LogP contribution is 2.25. The summed E-state index contributed by atoms with van der Waals surface area (Å²) in [7, 11) is 1.58. The molecule has 3 rings (SSSR count). The van der Waals surface area contributed by atoms with E-state index in [0.717, 1.165) is 21.3 Å². The van der Waals surface area contributed by atoms with Gasteiger partial charge in [0.2, 0.25) is 5.91 Å². The second-order valence-electron chi connectivity index (χ2n) is 6.07. The van der Waals surface area contributed by atoms with Crippen molar-refractivity contribution in [3.05, 3.63) is 69.5 Å². The average molecular weight is 488 g/mol. The minimum Gasteiger partial charge on any atom is -0.496 e. The van der Waals surface area contributed by atoms with Crippen LogP contribution in [0.3, 0.4) is 0 Å². The maximum atomic E-state index is 12.2. The van der Waals surface area contributed by atoms with Gasteiger partial charge in [-0.05, 0) is 43.4 Å². The zero-order valence-corrected chi connectivity index (χ0v) is 19.0. The van der Waals surface area contributed by atoms with Crippen LogP contribution in [-0.4, -0.2) is 23.1 Å². The Bertz CT molecular complexity index is 1060. The number of thiocarbonyl (C=S) groups is 1. The molecule has 1 aromatic heterocycles. The third-order valence-corrected chi connectivity index (χ3v) is 5.37. The van der Waals surface area contributed by atoms with E-state index in [4.69, 9.17) is 17.0 Å². The maximum absolute atomic E-state index is 12.2. The number of carbonyl (C=O) groups is 1. The number of hydrogen-bond acceptors (Lipinski definition) is 5. The van der Waals surface area contributed by atoms with Crippen LogP contribution >= 0.6 is 39.5 Å². The SMILES string of the molecule is COc1ccc(Br)cc1C=CC(=O)NC(=S)Nc1nc(-c2ccc(C)cc2)cs1. The molecule has 0 radical (unpaired) electrons. The van der Waals surface area contributed by atoms with E-state index in [9.17, 15) is 4.79 Å². The highest BCUT2D eigenvalue weighted by atomic mass is 79.9. The predicted molar refractivity (Wildman–Crippen MR) is 126 cm³/mol. The number of aryl methyl sites for hydroxylation is 1. The predicted octanol–water partition coefficient (Wildman–Crippen LogP) is 5.42. The van der Waals surface area contributed by atoms with Crippen LogP contribution in [0.4, 0.5) is 5.13 Å². The van der Waals surface area contributed by atoms with E-state index >= 15 is 0 Å². The number of rotatable bonds is 5. The number of anilines is 1. The Kier molecular flexibility index (Phi) is 7.13. The summed E-state index contributed by atoms with van der Waals surface area (Å²) in [5, 5.41) is 8.30. The number of ether oxygens (including phenoxy) is 1. The van der Waals surface area contributed by atoms with Gasteiger partial charge < -0.3 is 10.1 Å². The summed E-state index contributed by atoms with van der Waals surface area (Å²) in [6, 6.07) is 13.7. The molecule has 1 heterocycles. The lowest BCUT2D eigenvalue weighted by Crippen LogP contribution is -2.32. The van der Waals surface area contributed by atoms with Gasteiger partial charge in [0, 0.05) is 27.1 Å². The van der Waals surface area contributed by atoms with Crippen LogP contribution in [0.25, 0.3) is 17.3 Å². The summed E-state index contributed by atoms with van der Waals surface area (Å²) in [4.78, 5) is 16.7. The summed E-state index contributed by atoms with van der Waals surface area (Å²) in [6.07, 6.45) is 3.07. The van der Waals surface area contributed by atoms with Crippen LogP contribution in [0.2, 0.25) is 0 Å². The van der Waals surface area contributed by atoms with Crippen LogP contribution in [0.15, 0.2) is 58.4 Å². The van der Waals surface area contributed by atoms with Crippen molar-refractivity contribution in [2.24, 2.45) is 0 Å². The molecule has 5 nitrogen and oxygen atoms in total. The Morgan fingerprint density at radius 3 is 2.72 bits per heavy atom. The fourth-order valence-corrected chi connectivity index (χ4v) is 3.84. The van der Waals surface area contributed by atoms with Gasteiger partial charge in [-0.1, -0.05) is 45.8 Å². The normalized spacial score (nSPS) is 10.7. The summed E-state index contributed by atoms with van der Waals surface area (Å²) in [5.74, 6) is 0.323. The first-order chi connectivity index (χ1) is 13.9. The van der Waals surface area contributed by atoms with Gasteiger partial charge in [0.25, 0.3) is 0 Å². The first kappa shape index (κ1) is 21.2. The second kappa shape index (κ2) is 9.78. The fourth-order valence-electron chi connectivity index (χ4n) is 2.47. The summed E-state index contributed by atoms with van der Waals surface area (Å²) >= 11 is 10.0. The standard InChI is InChI=1S/C21H18BrN3O2S2/c1-13-3-5-14(6-4-13)17-12-29-21(23-17)25-20(28)24-19(26)10-7-15-11-16(22)8-9-18(15)27-2/h3-12H,1-2H3,(H2,23,24,25,26,28). The van der Waals surface area contributed by atoms with Gasteiger partial charge in [-0.2, -0.15) is 0 Å². The van der Waals surface area contributed by atoms with Crippen molar-refractivity contribution < 1.29 is 9.53 Å². The molecule has 8 heteroatoms. The third-order valence-electron chi connectivity index (χ3n) is 3.91. The Balaban J connectivity index is 1.59. The van der Waals surface area contributed by atoms with Gasteiger partial charge in [-0.25, -0.2) is 4.98 Å². The quantitative estimate of drug-likeness (QED) is 0.371.